The number of carbonyl (C=O) groups excluding carboxylic acids is 2. The average Bonchev–Trinajstić information content (AvgIpc) is 2.57. The van der Waals surface area contributed by atoms with Crippen LogP contribution in [0.4, 0.5) is 0 Å². The molecule has 0 unspecified atom stereocenters. The second-order valence-corrected chi connectivity index (χ2v) is 5.86. The van der Waals surface area contributed by atoms with Crippen LogP contribution in [0.5, 0.6) is 0 Å². The third-order valence-electron chi connectivity index (χ3n) is 3.61. The first kappa shape index (κ1) is 19.7. The third kappa shape index (κ3) is 5.69. The van der Waals surface area contributed by atoms with Crippen LogP contribution in [0.2, 0.25) is 0 Å². The van der Waals surface area contributed by atoms with Gasteiger partial charge in [-0.1, -0.05) is 43.7 Å². The van der Waals surface area contributed by atoms with Gasteiger partial charge in [0.25, 0.3) is 0 Å². The van der Waals surface area contributed by atoms with Crippen LogP contribution in [0.25, 0.3) is 0 Å². The Hall–Kier alpha value is -2.35. The van der Waals surface area contributed by atoms with Crippen LogP contribution in [0, 0.1) is 18.3 Å². The molecule has 0 saturated heterocycles. The quantitative estimate of drug-likeness (QED) is 0.648. The van der Waals surface area contributed by atoms with Crippen molar-refractivity contribution < 1.29 is 19.1 Å². The molecule has 0 aliphatic rings. The van der Waals surface area contributed by atoms with Crippen LogP contribution in [0.3, 0.4) is 0 Å². The molecule has 0 amide bonds. The number of aryl methyl sites for hydroxylation is 1. The number of ether oxygens (including phenoxy) is 2. The van der Waals surface area contributed by atoms with E-state index in [1.54, 1.807) is 6.07 Å². The lowest BCUT2D eigenvalue weighted by Gasteiger charge is -2.25. The number of nitriles is 1. The maximum absolute atomic E-state index is 12.1. The monoisotopic (exact) mass is 331 g/mol. The summed E-state index contributed by atoms with van der Waals surface area (Å²) < 4.78 is 10.2. The van der Waals surface area contributed by atoms with Gasteiger partial charge in [-0.05, 0) is 25.3 Å². The predicted octanol–water partition coefficient (Wildman–Crippen LogP) is 3.44. The number of hydrogen-bond acceptors (Lipinski definition) is 5. The number of hydrogen-bond donors (Lipinski definition) is 0. The summed E-state index contributed by atoms with van der Waals surface area (Å²) in [5.41, 5.74) is 0.310. The lowest BCUT2D eigenvalue weighted by molar-refractivity contribution is -0.147. The van der Waals surface area contributed by atoms with Crippen molar-refractivity contribution in [2.24, 2.45) is 0 Å². The molecule has 0 aliphatic heterocycles. The molecule has 0 bridgehead atoms. The molecule has 0 spiro atoms. The highest BCUT2D eigenvalue weighted by atomic mass is 16.5. The van der Waals surface area contributed by atoms with Crippen molar-refractivity contribution in [3.8, 4) is 6.07 Å². The van der Waals surface area contributed by atoms with E-state index in [1.165, 1.54) is 0 Å². The summed E-state index contributed by atoms with van der Waals surface area (Å²) in [6, 6.07) is 9.47. The van der Waals surface area contributed by atoms with E-state index >= 15 is 0 Å². The van der Waals surface area contributed by atoms with Crippen molar-refractivity contribution in [3.05, 3.63) is 35.4 Å². The van der Waals surface area contributed by atoms with Gasteiger partial charge in [0.2, 0.25) is 0 Å². The maximum atomic E-state index is 12.1. The van der Waals surface area contributed by atoms with Gasteiger partial charge >= 0.3 is 11.9 Å². The molecule has 5 heteroatoms. The van der Waals surface area contributed by atoms with Crippen molar-refractivity contribution in [2.45, 2.75) is 51.9 Å². The fourth-order valence-corrected chi connectivity index (χ4v) is 2.38. The lowest BCUT2D eigenvalue weighted by atomic mass is 9.75. The third-order valence-corrected chi connectivity index (χ3v) is 3.61. The first-order valence-corrected chi connectivity index (χ1v) is 8.27. The number of benzene rings is 1. The molecule has 0 radical (unpaired) electrons. The van der Waals surface area contributed by atoms with E-state index < -0.39 is 17.4 Å². The van der Waals surface area contributed by atoms with Crippen molar-refractivity contribution in [3.63, 3.8) is 0 Å². The first-order valence-electron chi connectivity index (χ1n) is 8.27. The van der Waals surface area contributed by atoms with E-state index in [1.807, 2.05) is 39.0 Å². The molecule has 1 aromatic rings. The van der Waals surface area contributed by atoms with Gasteiger partial charge in [-0.25, -0.2) is 0 Å². The summed E-state index contributed by atoms with van der Waals surface area (Å²) in [5, 5.41) is 9.80. The van der Waals surface area contributed by atoms with Gasteiger partial charge in [0.1, 0.15) is 5.41 Å². The van der Waals surface area contributed by atoms with Gasteiger partial charge in [-0.3, -0.25) is 9.59 Å². The molecule has 0 atom stereocenters. The second-order valence-electron chi connectivity index (χ2n) is 5.86. The Morgan fingerprint density at radius 2 is 1.62 bits per heavy atom. The Bertz CT molecular complexity index is 582. The highest BCUT2D eigenvalue weighted by Crippen LogP contribution is 2.33. The number of rotatable bonds is 9. The molecule has 0 saturated carbocycles. The summed E-state index contributed by atoms with van der Waals surface area (Å²) in [6.45, 7) is 6.29. The molecular weight excluding hydrogens is 306 g/mol. The highest BCUT2D eigenvalue weighted by Gasteiger charge is 2.39. The second kappa shape index (κ2) is 9.71. The SMILES string of the molecule is CCCOC(=O)CC(C#N)(CC(=O)OCCC)c1cccc(C)c1. The minimum atomic E-state index is -1.28. The van der Waals surface area contributed by atoms with Gasteiger partial charge in [-0.15, -0.1) is 0 Å². The van der Waals surface area contributed by atoms with Crippen molar-refractivity contribution in [1.82, 2.24) is 0 Å². The van der Waals surface area contributed by atoms with E-state index in [4.69, 9.17) is 9.47 Å². The Kier molecular flexibility index (Phi) is 7.97. The van der Waals surface area contributed by atoms with Crippen LogP contribution >= 0.6 is 0 Å². The Balaban J connectivity index is 3.10. The Labute approximate surface area is 143 Å². The summed E-state index contributed by atoms with van der Waals surface area (Å²) >= 11 is 0. The summed E-state index contributed by atoms with van der Waals surface area (Å²) in [4.78, 5) is 24.2. The van der Waals surface area contributed by atoms with Crippen LogP contribution in [-0.2, 0) is 24.5 Å². The van der Waals surface area contributed by atoms with E-state index in [-0.39, 0.29) is 12.8 Å². The van der Waals surface area contributed by atoms with Crippen molar-refractivity contribution >= 4 is 11.9 Å². The van der Waals surface area contributed by atoms with Crippen LogP contribution < -0.4 is 0 Å². The molecule has 0 heterocycles. The molecule has 5 nitrogen and oxygen atoms in total. The topological polar surface area (TPSA) is 76.4 Å². The van der Waals surface area contributed by atoms with Gasteiger partial charge in [0, 0.05) is 0 Å². The maximum Gasteiger partial charge on any atom is 0.307 e. The molecule has 0 fully saturated rings. The Morgan fingerprint density at radius 3 is 2.04 bits per heavy atom. The van der Waals surface area contributed by atoms with E-state index in [0.717, 1.165) is 5.56 Å². The fraction of sp³-hybridized carbons (Fsp3) is 0.526. The van der Waals surface area contributed by atoms with E-state index in [9.17, 15) is 14.9 Å². The largest absolute Gasteiger partial charge is 0.466 e. The van der Waals surface area contributed by atoms with E-state index in [2.05, 4.69) is 6.07 Å². The minimum Gasteiger partial charge on any atom is -0.466 e. The molecule has 1 aromatic carbocycles. The van der Waals surface area contributed by atoms with Gasteiger partial charge in [0.15, 0.2) is 0 Å². The van der Waals surface area contributed by atoms with Crippen LogP contribution in [0.15, 0.2) is 24.3 Å². The lowest BCUT2D eigenvalue weighted by Crippen LogP contribution is -2.32. The molecular formula is C19H25NO4. The molecule has 130 valence electrons. The van der Waals surface area contributed by atoms with Gasteiger partial charge in [0.05, 0.1) is 32.1 Å². The zero-order chi connectivity index (χ0) is 18.0. The van der Waals surface area contributed by atoms with Crippen molar-refractivity contribution in [2.75, 3.05) is 13.2 Å². The number of esters is 2. The average molecular weight is 331 g/mol. The molecule has 0 N–H and O–H groups in total. The predicted molar refractivity (Wildman–Crippen MR) is 90.2 cm³/mol. The molecule has 24 heavy (non-hydrogen) atoms. The van der Waals surface area contributed by atoms with Gasteiger partial charge < -0.3 is 9.47 Å². The zero-order valence-corrected chi connectivity index (χ0v) is 14.6. The zero-order valence-electron chi connectivity index (χ0n) is 14.6. The molecule has 0 aromatic heterocycles. The minimum absolute atomic E-state index is 0.172. The number of nitrogens with zero attached hydrogens (tertiary/aromatic N) is 1. The molecule has 0 aliphatic carbocycles. The Morgan fingerprint density at radius 1 is 1.08 bits per heavy atom. The van der Waals surface area contributed by atoms with Crippen LogP contribution in [0.1, 0.15) is 50.7 Å². The summed E-state index contributed by atoms with van der Waals surface area (Å²) in [7, 11) is 0. The fourth-order valence-electron chi connectivity index (χ4n) is 2.38. The van der Waals surface area contributed by atoms with Gasteiger partial charge in [-0.2, -0.15) is 5.26 Å². The summed E-state index contributed by atoms with van der Waals surface area (Å²) in [5.74, 6) is -0.966. The van der Waals surface area contributed by atoms with Crippen molar-refractivity contribution in [1.29, 1.82) is 5.26 Å². The van der Waals surface area contributed by atoms with E-state index in [0.29, 0.717) is 31.6 Å². The highest BCUT2D eigenvalue weighted by molar-refractivity contribution is 5.77. The smallest absolute Gasteiger partial charge is 0.307 e. The number of carbonyl (C=O) groups is 2. The van der Waals surface area contributed by atoms with Crippen LogP contribution in [-0.4, -0.2) is 25.2 Å². The first-order chi connectivity index (χ1) is 11.5. The normalized spacial score (nSPS) is 10.8. The summed E-state index contributed by atoms with van der Waals surface area (Å²) in [6.07, 6.45) is 1.06. The standard InChI is InChI=1S/C19H25NO4/c1-4-9-23-17(21)12-19(14-20,13-18(22)24-10-5-2)16-8-6-7-15(3)11-16/h6-8,11H,4-5,9-10,12-13H2,1-3H3. The molecule has 1 rings (SSSR count).